The Kier molecular flexibility index (Phi) is 4.99. The molecule has 2 aliphatic rings. The third-order valence-electron chi connectivity index (χ3n) is 4.00. The lowest BCUT2D eigenvalue weighted by Gasteiger charge is -2.27. The number of carboxylic acids is 1. The molecule has 9 nitrogen and oxygen atoms in total. The Balaban J connectivity index is 2.04. The first-order valence-corrected chi connectivity index (χ1v) is 7.22. The van der Waals surface area contributed by atoms with Gasteiger partial charge in [0.15, 0.2) is 0 Å². The van der Waals surface area contributed by atoms with Crippen molar-refractivity contribution in [3.63, 3.8) is 0 Å². The lowest BCUT2D eigenvalue weighted by atomic mass is 10.1. The molecule has 0 saturated carbocycles. The predicted octanol–water partition coefficient (Wildman–Crippen LogP) is -2.74. The van der Waals surface area contributed by atoms with E-state index in [0.29, 0.717) is 6.54 Å². The van der Waals surface area contributed by atoms with Gasteiger partial charge in [0.1, 0.15) is 12.1 Å². The van der Waals surface area contributed by atoms with E-state index in [1.807, 2.05) is 0 Å². The minimum atomic E-state index is -1.18. The Morgan fingerprint density at radius 3 is 2.45 bits per heavy atom. The fourth-order valence-corrected chi connectivity index (χ4v) is 2.78. The van der Waals surface area contributed by atoms with Crippen LogP contribution in [0.1, 0.15) is 19.8 Å². The first kappa shape index (κ1) is 16.7. The van der Waals surface area contributed by atoms with Crippen molar-refractivity contribution in [2.75, 3.05) is 13.1 Å². The van der Waals surface area contributed by atoms with E-state index in [0.717, 1.165) is 0 Å². The van der Waals surface area contributed by atoms with Crippen LogP contribution < -0.4 is 10.6 Å². The van der Waals surface area contributed by atoms with E-state index < -0.39 is 42.2 Å². The van der Waals surface area contributed by atoms with Gasteiger partial charge in [-0.15, -0.1) is 0 Å². The van der Waals surface area contributed by atoms with Crippen LogP contribution in [0.4, 0.5) is 0 Å². The van der Waals surface area contributed by atoms with Crippen LogP contribution in [0.2, 0.25) is 0 Å². The fraction of sp³-hybridized carbons (Fsp3) is 0.769. The molecule has 2 heterocycles. The number of hydrogen-bond acceptors (Lipinski definition) is 6. The summed E-state index contributed by atoms with van der Waals surface area (Å²) in [6.07, 6.45) is -1.11. The summed E-state index contributed by atoms with van der Waals surface area (Å²) in [7, 11) is 0. The first-order valence-electron chi connectivity index (χ1n) is 7.22. The van der Waals surface area contributed by atoms with Gasteiger partial charge in [0.05, 0.1) is 18.2 Å². The summed E-state index contributed by atoms with van der Waals surface area (Å²) in [4.78, 5) is 36.6. The highest BCUT2D eigenvalue weighted by Gasteiger charge is 2.43. The van der Waals surface area contributed by atoms with Gasteiger partial charge in [-0.05, 0) is 13.3 Å². The Hall–Kier alpha value is -1.71. The number of nitrogens with one attached hydrogen (secondary N) is 2. The molecule has 5 atom stereocenters. The van der Waals surface area contributed by atoms with Crippen molar-refractivity contribution in [2.45, 2.75) is 50.1 Å². The quantitative estimate of drug-likeness (QED) is 0.379. The van der Waals surface area contributed by atoms with E-state index in [-0.39, 0.29) is 25.3 Å². The number of rotatable bonds is 4. The molecule has 0 aromatic heterocycles. The van der Waals surface area contributed by atoms with Crippen LogP contribution in [0.25, 0.3) is 0 Å². The Morgan fingerprint density at radius 1 is 1.23 bits per heavy atom. The average Bonchev–Trinajstić information content (AvgIpc) is 3.04. The third-order valence-corrected chi connectivity index (χ3v) is 4.00. The van der Waals surface area contributed by atoms with Crippen LogP contribution in [-0.4, -0.2) is 81.4 Å². The van der Waals surface area contributed by atoms with E-state index in [9.17, 15) is 24.6 Å². The molecule has 124 valence electrons. The molecule has 2 fully saturated rings. The molecule has 22 heavy (non-hydrogen) atoms. The SMILES string of the molecule is C[C@H](NC(=O)[C@@H]1C[C@@H](O)CN1C(=O)[C@@H]1C[C@@H](O)CN1)C(=O)O. The van der Waals surface area contributed by atoms with Gasteiger partial charge in [0.2, 0.25) is 11.8 Å². The third kappa shape index (κ3) is 3.54. The maximum absolute atomic E-state index is 12.4. The Morgan fingerprint density at radius 2 is 1.91 bits per heavy atom. The van der Waals surface area contributed by atoms with E-state index >= 15 is 0 Å². The van der Waals surface area contributed by atoms with Gasteiger partial charge in [0, 0.05) is 19.5 Å². The lowest BCUT2D eigenvalue weighted by Crippen LogP contribution is -2.53. The van der Waals surface area contributed by atoms with Crippen LogP contribution >= 0.6 is 0 Å². The summed E-state index contributed by atoms with van der Waals surface area (Å²) in [5.74, 6) is -2.14. The van der Waals surface area contributed by atoms with Crippen molar-refractivity contribution in [2.24, 2.45) is 0 Å². The maximum atomic E-state index is 12.4. The van der Waals surface area contributed by atoms with Crippen molar-refractivity contribution in [3.8, 4) is 0 Å². The molecule has 2 rings (SSSR count). The van der Waals surface area contributed by atoms with E-state index in [1.54, 1.807) is 0 Å². The maximum Gasteiger partial charge on any atom is 0.325 e. The molecule has 0 spiro atoms. The molecule has 0 aromatic carbocycles. The number of aliphatic hydroxyl groups is 2. The summed E-state index contributed by atoms with van der Waals surface area (Å²) in [6.45, 7) is 1.65. The van der Waals surface area contributed by atoms with E-state index in [4.69, 9.17) is 5.11 Å². The Bertz CT molecular complexity index is 471. The minimum Gasteiger partial charge on any atom is -0.480 e. The topological polar surface area (TPSA) is 139 Å². The number of aliphatic hydroxyl groups excluding tert-OH is 2. The van der Waals surface area contributed by atoms with Gasteiger partial charge in [0.25, 0.3) is 0 Å². The highest BCUT2D eigenvalue weighted by molar-refractivity contribution is 5.92. The van der Waals surface area contributed by atoms with Crippen LogP contribution in [0.3, 0.4) is 0 Å². The largest absolute Gasteiger partial charge is 0.480 e. The van der Waals surface area contributed by atoms with Crippen molar-refractivity contribution in [1.82, 2.24) is 15.5 Å². The smallest absolute Gasteiger partial charge is 0.325 e. The van der Waals surface area contributed by atoms with Crippen molar-refractivity contribution in [1.29, 1.82) is 0 Å². The number of nitrogens with zero attached hydrogens (tertiary/aromatic N) is 1. The van der Waals surface area contributed by atoms with Crippen LogP contribution in [0.5, 0.6) is 0 Å². The number of hydrogen-bond donors (Lipinski definition) is 5. The lowest BCUT2D eigenvalue weighted by molar-refractivity contribution is -0.143. The van der Waals surface area contributed by atoms with Crippen LogP contribution in [0, 0.1) is 0 Å². The number of carbonyl (C=O) groups is 3. The van der Waals surface area contributed by atoms with Crippen molar-refractivity contribution < 1.29 is 29.7 Å². The van der Waals surface area contributed by atoms with Crippen molar-refractivity contribution in [3.05, 3.63) is 0 Å². The molecule has 5 N–H and O–H groups in total. The molecule has 0 bridgehead atoms. The minimum absolute atomic E-state index is 0.0205. The molecule has 2 aliphatic heterocycles. The van der Waals surface area contributed by atoms with Crippen LogP contribution in [-0.2, 0) is 14.4 Å². The standard InChI is InChI=1S/C13H21N3O6/c1-6(13(21)22)15-11(19)10-3-8(18)5-16(10)12(20)9-2-7(17)4-14-9/h6-10,14,17-18H,2-5H2,1H3,(H,15,19)(H,21,22)/t6-,7+,8+,9-,10-/m0/s1. The molecule has 2 amide bonds. The zero-order chi connectivity index (χ0) is 16.4. The van der Waals surface area contributed by atoms with Gasteiger partial charge >= 0.3 is 5.97 Å². The number of carboxylic acid groups (broad SMARTS) is 1. The highest BCUT2D eigenvalue weighted by atomic mass is 16.4. The predicted molar refractivity (Wildman–Crippen MR) is 73.8 cm³/mol. The molecule has 0 aliphatic carbocycles. The molecule has 0 unspecified atom stereocenters. The number of carbonyl (C=O) groups excluding carboxylic acids is 2. The zero-order valence-corrected chi connectivity index (χ0v) is 12.2. The van der Waals surface area contributed by atoms with Crippen molar-refractivity contribution >= 4 is 17.8 Å². The highest BCUT2D eigenvalue weighted by Crippen LogP contribution is 2.21. The molecule has 0 aromatic rings. The van der Waals surface area contributed by atoms with Gasteiger partial charge in [-0.1, -0.05) is 0 Å². The second-order valence-corrected chi connectivity index (χ2v) is 5.81. The summed E-state index contributed by atoms with van der Waals surface area (Å²) in [5, 5.41) is 33.2. The molecule has 0 radical (unpaired) electrons. The second-order valence-electron chi connectivity index (χ2n) is 5.81. The number of β-amino-alcohol motifs (C(OH)–C–C–N with tert-alkyl or cyclic N) is 2. The van der Waals surface area contributed by atoms with E-state index in [1.165, 1.54) is 11.8 Å². The summed E-state index contributed by atoms with van der Waals surface area (Å²) in [6, 6.07) is -2.56. The molecule has 9 heteroatoms. The van der Waals surface area contributed by atoms with Gasteiger partial charge < -0.3 is 30.9 Å². The summed E-state index contributed by atoms with van der Waals surface area (Å²) >= 11 is 0. The van der Waals surface area contributed by atoms with Crippen LogP contribution in [0.15, 0.2) is 0 Å². The average molecular weight is 315 g/mol. The first-order chi connectivity index (χ1) is 10.3. The monoisotopic (exact) mass is 315 g/mol. The number of likely N-dealkylation sites (tertiary alicyclic amines) is 1. The van der Waals surface area contributed by atoms with Gasteiger partial charge in [-0.3, -0.25) is 14.4 Å². The second kappa shape index (κ2) is 6.59. The Labute approximate surface area is 127 Å². The summed E-state index contributed by atoms with van der Waals surface area (Å²) in [5.41, 5.74) is 0. The molecular formula is C13H21N3O6. The molecule has 2 saturated heterocycles. The van der Waals surface area contributed by atoms with Gasteiger partial charge in [-0.25, -0.2) is 0 Å². The van der Waals surface area contributed by atoms with Gasteiger partial charge in [-0.2, -0.15) is 0 Å². The normalized spacial score (nSPS) is 32.8. The fourth-order valence-electron chi connectivity index (χ4n) is 2.78. The number of amides is 2. The zero-order valence-electron chi connectivity index (χ0n) is 12.2. The van der Waals surface area contributed by atoms with E-state index in [2.05, 4.69) is 10.6 Å². The summed E-state index contributed by atoms with van der Waals surface area (Å²) < 4.78 is 0. The molecular weight excluding hydrogens is 294 g/mol. The number of aliphatic carboxylic acids is 1.